The van der Waals surface area contributed by atoms with Gasteiger partial charge in [0, 0.05) is 38.9 Å². The lowest BCUT2D eigenvalue weighted by atomic mass is 10.1. The Morgan fingerprint density at radius 1 is 1.15 bits per heavy atom. The average molecular weight is 360 g/mol. The summed E-state index contributed by atoms with van der Waals surface area (Å²) in [6.07, 6.45) is 3.97. The first-order chi connectivity index (χ1) is 12.7. The van der Waals surface area contributed by atoms with E-state index in [-0.39, 0.29) is 18.2 Å². The minimum Gasteiger partial charge on any atom is -0.497 e. The Bertz CT molecular complexity index is 615. The Labute approximate surface area is 155 Å². The highest BCUT2D eigenvalue weighted by atomic mass is 16.6. The van der Waals surface area contributed by atoms with Gasteiger partial charge in [-0.15, -0.1) is 0 Å². The van der Waals surface area contributed by atoms with E-state index in [4.69, 9.17) is 14.2 Å². The molecular formula is C20H28N2O4. The zero-order valence-corrected chi connectivity index (χ0v) is 15.4. The van der Waals surface area contributed by atoms with Crippen LogP contribution >= 0.6 is 0 Å². The van der Waals surface area contributed by atoms with Gasteiger partial charge < -0.3 is 19.1 Å². The number of hydrogen-bond donors (Lipinski definition) is 0. The van der Waals surface area contributed by atoms with E-state index in [0.29, 0.717) is 6.04 Å². The van der Waals surface area contributed by atoms with Crippen molar-refractivity contribution in [3.05, 3.63) is 29.8 Å². The first-order valence-corrected chi connectivity index (χ1v) is 9.66. The molecule has 2 atom stereocenters. The number of carbonyl (C=O) groups is 1. The third-order valence-corrected chi connectivity index (χ3v) is 5.88. The van der Waals surface area contributed by atoms with Gasteiger partial charge in [0.25, 0.3) is 0 Å². The zero-order valence-electron chi connectivity index (χ0n) is 15.4. The van der Waals surface area contributed by atoms with Crippen molar-refractivity contribution in [2.24, 2.45) is 0 Å². The summed E-state index contributed by atoms with van der Waals surface area (Å²) in [4.78, 5) is 16.7. The molecule has 0 aliphatic carbocycles. The second-order valence-corrected chi connectivity index (χ2v) is 7.43. The Morgan fingerprint density at radius 2 is 1.92 bits per heavy atom. The van der Waals surface area contributed by atoms with Crippen LogP contribution in [0.5, 0.6) is 5.75 Å². The molecule has 1 aromatic carbocycles. The smallest absolute Gasteiger partial charge is 0.410 e. The predicted octanol–water partition coefficient (Wildman–Crippen LogP) is 2.31. The molecule has 1 aromatic rings. The van der Waals surface area contributed by atoms with Crippen molar-refractivity contribution in [1.29, 1.82) is 0 Å². The molecule has 3 aliphatic rings. The monoisotopic (exact) mass is 360 g/mol. The highest BCUT2D eigenvalue weighted by Gasteiger charge is 2.48. The molecule has 142 valence electrons. The van der Waals surface area contributed by atoms with Crippen molar-refractivity contribution in [2.45, 2.75) is 43.9 Å². The van der Waals surface area contributed by atoms with Crippen molar-refractivity contribution in [3.8, 4) is 5.75 Å². The minimum atomic E-state index is -0.138. The maximum atomic E-state index is 12.2. The Kier molecular flexibility index (Phi) is 5.31. The number of fused-ring (bicyclic) bond motifs is 1. The fourth-order valence-corrected chi connectivity index (χ4v) is 4.38. The largest absolute Gasteiger partial charge is 0.497 e. The van der Waals surface area contributed by atoms with Crippen molar-refractivity contribution in [1.82, 2.24) is 9.80 Å². The molecule has 6 heteroatoms. The maximum Gasteiger partial charge on any atom is 0.410 e. The minimum absolute atomic E-state index is 0.0336. The summed E-state index contributed by atoms with van der Waals surface area (Å²) in [6.45, 7) is 4.26. The highest BCUT2D eigenvalue weighted by Crippen LogP contribution is 2.30. The van der Waals surface area contributed by atoms with Gasteiger partial charge in [-0.1, -0.05) is 12.1 Å². The first-order valence-electron chi connectivity index (χ1n) is 9.66. The second-order valence-electron chi connectivity index (χ2n) is 7.43. The molecule has 0 unspecified atom stereocenters. The number of ether oxygens (including phenoxy) is 3. The van der Waals surface area contributed by atoms with E-state index >= 15 is 0 Å². The molecule has 6 nitrogen and oxygen atoms in total. The van der Waals surface area contributed by atoms with Crippen LogP contribution in [-0.2, 0) is 15.9 Å². The van der Waals surface area contributed by atoms with E-state index in [1.807, 2.05) is 17.0 Å². The third-order valence-electron chi connectivity index (χ3n) is 5.88. The van der Waals surface area contributed by atoms with Gasteiger partial charge in [-0.05, 0) is 43.4 Å². The van der Waals surface area contributed by atoms with Gasteiger partial charge in [0.05, 0.1) is 13.2 Å². The van der Waals surface area contributed by atoms with Crippen LogP contribution < -0.4 is 4.74 Å². The molecule has 0 N–H and O–H groups in total. The molecule has 3 saturated heterocycles. The van der Waals surface area contributed by atoms with Crippen LogP contribution in [0.15, 0.2) is 24.3 Å². The topological polar surface area (TPSA) is 51.2 Å². The highest BCUT2D eigenvalue weighted by molar-refractivity contribution is 5.71. The SMILES string of the molecule is COc1ccc(CCCN2C(=O)O[C@H]3CN(C4CCOCC4)C[C@H]32)cc1. The van der Waals surface area contributed by atoms with Crippen LogP contribution in [0.25, 0.3) is 0 Å². The number of rotatable bonds is 6. The van der Waals surface area contributed by atoms with Gasteiger partial charge in [-0.2, -0.15) is 0 Å². The van der Waals surface area contributed by atoms with E-state index < -0.39 is 0 Å². The van der Waals surface area contributed by atoms with Crippen LogP contribution in [0.4, 0.5) is 4.79 Å². The number of aryl methyl sites for hydroxylation is 1. The number of carbonyl (C=O) groups excluding carboxylic acids is 1. The number of benzene rings is 1. The van der Waals surface area contributed by atoms with Gasteiger partial charge in [0.1, 0.15) is 11.9 Å². The fraction of sp³-hybridized carbons (Fsp3) is 0.650. The van der Waals surface area contributed by atoms with Crippen LogP contribution in [0.1, 0.15) is 24.8 Å². The lowest BCUT2D eigenvalue weighted by molar-refractivity contribution is 0.0332. The molecule has 0 saturated carbocycles. The summed E-state index contributed by atoms with van der Waals surface area (Å²) in [5.41, 5.74) is 1.27. The molecule has 26 heavy (non-hydrogen) atoms. The quantitative estimate of drug-likeness (QED) is 0.779. The third kappa shape index (κ3) is 3.67. The molecule has 3 aliphatic heterocycles. The zero-order chi connectivity index (χ0) is 17.9. The summed E-state index contributed by atoms with van der Waals surface area (Å²) in [5.74, 6) is 0.874. The predicted molar refractivity (Wildman–Crippen MR) is 97.5 cm³/mol. The van der Waals surface area contributed by atoms with E-state index in [2.05, 4.69) is 17.0 Å². The van der Waals surface area contributed by atoms with Crippen LogP contribution in [0, 0.1) is 0 Å². The standard InChI is InChI=1S/C20H28N2O4/c1-24-17-6-4-15(5-7-17)3-2-10-22-18-13-21(14-19(18)26-20(22)23)16-8-11-25-12-9-16/h4-7,16,18-19H,2-3,8-14H2,1H3/t18-,19+/m1/s1. The average Bonchev–Trinajstić information content (AvgIpc) is 3.21. The lowest BCUT2D eigenvalue weighted by Crippen LogP contribution is -2.42. The number of likely N-dealkylation sites (tertiary alicyclic amines) is 1. The summed E-state index contributed by atoms with van der Waals surface area (Å²) in [6, 6.07) is 8.94. The number of nitrogens with zero attached hydrogens (tertiary/aromatic N) is 2. The number of amides is 1. The van der Waals surface area contributed by atoms with Gasteiger partial charge >= 0.3 is 6.09 Å². The molecule has 1 amide bonds. The normalized spacial score (nSPS) is 26.8. The van der Waals surface area contributed by atoms with Crippen molar-refractivity contribution in [2.75, 3.05) is 40.0 Å². The summed E-state index contributed by atoms with van der Waals surface area (Å²) < 4.78 is 16.3. The van der Waals surface area contributed by atoms with E-state index in [9.17, 15) is 4.79 Å². The van der Waals surface area contributed by atoms with E-state index in [0.717, 1.165) is 64.3 Å². The van der Waals surface area contributed by atoms with Crippen molar-refractivity contribution in [3.63, 3.8) is 0 Å². The Morgan fingerprint density at radius 3 is 2.65 bits per heavy atom. The molecular weight excluding hydrogens is 332 g/mol. The van der Waals surface area contributed by atoms with Crippen molar-refractivity contribution >= 4 is 6.09 Å². The summed E-state index contributed by atoms with van der Waals surface area (Å²) in [7, 11) is 1.68. The van der Waals surface area contributed by atoms with E-state index in [1.165, 1.54) is 5.56 Å². The fourth-order valence-electron chi connectivity index (χ4n) is 4.38. The Balaban J connectivity index is 1.29. The molecule has 0 aromatic heterocycles. The molecule has 0 spiro atoms. The summed E-state index contributed by atoms with van der Waals surface area (Å²) >= 11 is 0. The molecule has 0 bridgehead atoms. The molecule has 3 heterocycles. The van der Waals surface area contributed by atoms with Gasteiger partial charge in [-0.25, -0.2) is 4.79 Å². The van der Waals surface area contributed by atoms with Crippen LogP contribution in [0.2, 0.25) is 0 Å². The van der Waals surface area contributed by atoms with Crippen LogP contribution in [-0.4, -0.2) is 74.0 Å². The van der Waals surface area contributed by atoms with Gasteiger partial charge in [0.2, 0.25) is 0 Å². The van der Waals surface area contributed by atoms with Crippen molar-refractivity contribution < 1.29 is 19.0 Å². The first kappa shape index (κ1) is 17.6. The van der Waals surface area contributed by atoms with E-state index in [1.54, 1.807) is 7.11 Å². The maximum absolute atomic E-state index is 12.2. The molecule has 4 rings (SSSR count). The lowest BCUT2D eigenvalue weighted by Gasteiger charge is -2.32. The Hall–Kier alpha value is -1.79. The summed E-state index contributed by atoms with van der Waals surface area (Å²) in [5, 5.41) is 0. The molecule has 3 fully saturated rings. The second kappa shape index (κ2) is 7.84. The van der Waals surface area contributed by atoms with Gasteiger partial charge in [-0.3, -0.25) is 4.90 Å². The number of methoxy groups -OCH3 is 1. The van der Waals surface area contributed by atoms with Crippen LogP contribution in [0.3, 0.4) is 0 Å². The molecule has 0 radical (unpaired) electrons. The number of hydrogen-bond acceptors (Lipinski definition) is 5. The van der Waals surface area contributed by atoms with Gasteiger partial charge in [0.15, 0.2) is 0 Å².